The first-order valence-electron chi connectivity index (χ1n) is 3.79. The van der Waals surface area contributed by atoms with E-state index in [9.17, 15) is 9.18 Å². The van der Waals surface area contributed by atoms with Crippen LogP contribution in [0, 0.1) is 5.82 Å². The minimum atomic E-state index is -0.320. The highest BCUT2D eigenvalue weighted by Gasteiger charge is 2.00. The molecule has 2 aromatic rings. The van der Waals surface area contributed by atoms with Gasteiger partial charge in [-0.2, -0.15) is 0 Å². The number of H-pyrrole nitrogens is 2. The molecule has 0 amide bonds. The average Bonchev–Trinajstić information content (AvgIpc) is 2.52. The van der Waals surface area contributed by atoms with Gasteiger partial charge in [-0.05, 0) is 12.1 Å². The van der Waals surface area contributed by atoms with Crippen molar-refractivity contribution < 1.29 is 4.39 Å². The minimum absolute atomic E-state index is 0.223. The van der Waals surface area contributed by atoms with Crippen molar-refractivity contribution in [3.8, 4) is 11.3 Å². The summed E-state index contributed by atoms with van der Waals surface area (Å²) in [5, 5.41) is 5.03. The third kappa shape index (κ3) is 1.51. The molecule has 0 bridgehead atoms. The van der Waals surface area contributed by atoms with Crippen LogP contribution in [0.25, 0.3) is 11.3 Å². The fourth-order valence-electron chi connectivity index (χ4n) is 1.14. The predicted molar refractivity (Wildman–Crippen MR) is 46.8 cm³/mol. The molecule has 2 rings (SSSR count). The molecule has 0 aliphatic heterocycles. The minimum Gasteiger partial charge on any atom is -0.298 e. The number of aromatic nitrogens is 2. The van der Waals surface area contributed by atoms with Crippen molar-refractivity contribution in [1.29, 1.82) is 0 Å². The van der Waals surface area contributed by atoms with E-state index in [1.807, 2.05) is 0 Å². The summed E-state index contributed by atoms with van der Waals surface area (Å²) in [5.74, 6) is -0.320. The van der Waals surface area contributed by atoms with E-state index < -0.39 is 0 Å². The van der Waals surface area contributed by atoms with E-state index in [0.717, 1.165) is 0 Å². The Morgan fingerprint density at radius 2 is 2.00 bits per heavy atom. The SMILES string of the molecule is O=c1cc(-c2cccc(F)c2)[nH][nH]1. The second kappa shape index (κ2) is 2.90. The maximum Gasteiger partial charge on any atom is 0.264 e. The molecule has 4 heteroatoms. The van der Waals surface area contributed by atoms with E-state index in [2.05, 4.69) is 10.2 Å². The number of aromatic amines is 2. The predicted octanol–water partition coefficient (Wildman–Crippen LogP) is 1.51. The quantitative estimate of drug-likeness (QED) is 0.683. The molecule has 0 saturated carbocycles. The lowest BCUT2D eigenvalue weighted by molar-refractivity contribution is 0.628. The molecule has 1 aromatic carbocycles. The van der Waals surface area contributed by atoms with Gasteiger partial charge in [0.15, 0.2) is 0 Å². The van der Waals surface area contributed by atoms with E-state index in [1.54, 1.807) is 12.1 Å². The molecule has 1 aromatic heterocycles. The third-order valence-corrected chi connectivity index (χ3v) is 1.73. The lowest BCUT2D eigenvalue weighted by Crippen LogP contribution is -1.93. The van der Waals surface area contributed by atoms with E-state index in [1.165, 1.54) is 18.2 Å². The summed E-state index contributed by atoms with van der Waals surface area (Å²) < 4.78 is 12.8. The number of hydrogen-bond acceptors (Lipinski definition) is 1. The van der Waals surface area contributed by atoms with Crippen molar-refractivity contribution in [2.24, 2.45) is 0 Å². The summed E-state index contributed by atoms with van der Waals surface area (Å²) in [5.41, 5.74) is 1.02. The molecule has 0 aliphatic rings. The van der Waals surface area contributed by atoms with Gasteiger partial charge in [0.25, 0.3) is 5.56 Å². The lowest BCUT2D eigenvalue weighted by atomic mass is 10.1. The molecule has 1 heterocycles. The zero-order valence-electron chi connectivity index (χ0n) is 6.67. The Morgan fingerprint density at radius 3 is 2.62 bits per heavy atom. The molecule has 0 atom stereocenters. The number of halogens is 1. The standard InChI is InChI=1S/C9H7FN2O/c10-7-3-1-2-6(4-7)8-5-9(13)12-11-8/h1-5H,(H2,11,12,13). The van der Waals surface area contributed by atoms with Gasteiger partial charge in [0.2, 0.25) is 0 Å². The first-order valence-corrected chi connectivity index (χ1v) is 3.79. The summed E-state index contributed by atoms with van der Waals surface area (Å²) in [6.45, 7) is 0. The Balaban J connectivity index is 2.52. The van der Waals surface area contributed by atoms with Crippen LogP contribution >= 0.6 is 0 Å². The van der Waals surface area contributed by atoms with Gasteiger partial charge in [-0.3, -0.25) is 15.0 Å². The zero-order chi connectivity index (χ0) is 9.26. The van der Waals surface area contributed by atoms with Gasteiger partial charge < -0.3 is 0 Å². The Bertz CT molecular complexity index is 472. The van der Waals surface area contributed by atoms with Crippen molar-refractivity contribution >= 4 is 0 Å². The second-order valence-corrected chi connectivity index (χ2v) is 2.68. The summed E-state index contributed by atoms with van der Waals surface area (Å²) in [7, 11) is 0. The van der Waals surface area contributed by atoms with Crippen molar-refractivity contribution in [3.05, 3.63) is 46.5 Å². The highest BCUT2D eigenvalue weighted by atomic mass is 19.1. The highest BCUT2D eigenvalue weighted by molar-refractivity contribution is 5.58. The van der Waals surface area contributed by atoms with Crippen LogP contribution in [0.2, 0.25) is 0 Å². The first-order chi connectivity index (χ1) is 6.25. The van der Waals surface area contributed by atoms with Crippen LogP contribution in [0.15, 0.2) is 35.1 Å². The molecular weight excluding hydrogens is 171 g/mol. The molecule has 0 fully saturated rings. The van der Waals surface area contributed by atoms with Gasteiger partial charge in [-0.1, -0.05) is 12.1 Å². The van der Waals surface area contributed by atoms with Crippen LogP contribution in [-0.2, 0) is 0 Å². The summed E-state index contributed by atoms with van der Waals surface area (Å²) in [4.78, 5) is 10.8. The normalized spacial score (nSPS) is 10.2. The molecule has 2 N–H and O–H groups in total. The number of hydrogen-bond donors (Lipinski definition) is 2. The van der Waals surface area contributed by atoms with Crippen LogP contribution in [0.1, 0.15) is 0 Å². The first kappa shape index (κ1) is 7.79. The van der Waals surface area contributed by atoms with Crippen molar-refractivity contribution in [2.45, 2.75) is 0 Å². The Labute approximate surface area is 73.2 Å². The summed E-state index contributed by atoms with van der Waals surface area (Å²) in [6.07, 6.45) is 0. The second-order valence-electron chi connectivity index (χ2n) is 2.68. The number of benzene rings is 1. The van der Waals surface area contributed by atoms with E-state index in [4.69, 9.17) is 0 Å². The van der Waals surface area contributed by atoms with E-state index in [-0.39, 0.29) is 11.4 Å². The average molecular weight is 178 g/mol. The van der Waals surface area contributed by atoms with Gasteiger partial charge in [0.1, 0.15) is 5.82 Å². The van der Waals surface area contributed by atoms with Crippen LogP contribution in [0.5, 0.6) is 0 Å². The van der Waals surface area contributed by atoms with Gasteiger partial charge in [-0.25, -0.2) is 4.39 Å². The molecule has 0 radical (unpaired) electrons. The lowest BCUT2D eigenvalue weighted by Gasteiger charge is -1.95. The Morgan fingerprint density at radius 1 is 1.15 bits per heavy atom. The highest BCUT2D eigenvalue weighted by Crippen LogP contribution is 2.15. The van der Waals surface area contributed by atoms with Crippen molar-refractivity contribution in [1.82, 2.24) is 10.2 Å². The van der Waals surface area contributed by atoms with Crippen LogP contribution in [-0.4, -0.2) is 10.2 Å². The smallest absolute Gasteiger partial charge is 0.264 e. The molecule has 0 saturated heterocycles. The molecule has 0 aliphatic carbocycles. The fraction of sp³-hybridized carbons (Fsp3) is 0. The number of nitrogens with one attached hydrogen (secondary N) is 2. The van der Waals surface area contributed by atoms with E-state index in [0.29, 0.717) is 11.3 Å². The van der Waals surface area contributed by atoms with Gasteiger partial charge in [0.05, 0.1) is 5.69 Å². The summed E-state index contributed by atoms with van der Waals surface area (Å²) in [6, 6.07) is 7.42. The summed E-state index contributed by atoms with van der Waals surface area (Å²) >= 11 is 0. The fourth-order valence-corrected chi connectivity index (χ4v) is 1.14. The van der Waals surface area contributed by atoms with Gasteiger partial charge in [-0.15, -0.1) is 0 Å². The van der Waals surface area contributed by atoms with Crippen molar-refractivity contribution in [2.75, 3.05) is 0 Å². The zero-order valence-corrected chi connectivity index (χ0v) is 6.67. The van der Waals surface area contributed by atoms with Gasteiger partial charge in [0, 0.05) is 11.6 Å². The van der Waals surface area contributed by atoms with Crippen LogP contribution in [0.3, 0.4) is 0 Å². The molecular formula is C9H7FN2O. The van der Waals surface area contributed by atoms with Crippen LogP contribution in [0.4, 0.5) is 4.39 Å². The topological polar surface area (TPSA) is 48.6 Å². The molecule has 66 valence electrons. The molecule has 0 spiro atoms. The monoisotopic (exact) mass is 178 g/mol. The van der Waals surface area contributed by atoms with Gasteiger partial charge >= 0.3 is 0 Å². The molecule has 3 nitrogen and oxygen atoms in total. The maximum atomic E-state index is 12.8. The maximum absolute atomic E-state index is 12.8. The van der Waals surface area contributed by atoms with E-state index >= 15 is 0 Å². The molecule has 13 heavy (non-hydrogen) atoms. The largest absolute Gasteiger partial charge is 0.298 e. The Kier molecular flexibility index (Phi) is 1.73. The van der Waals surface area contributed by atoms with Crippen molar-refractivity contribution in [3.63, 3.8) is 0 Å². The number of rotatable bonds is 1. The van der Waals surface area contributed by atoms with Crippen LogP contribution < -0.4 is 5.56 Å². The molecule has 0 unspecified atom stereocenters. The third-order valence-electron chi connectivity index (χ3n) is 1.73. The Hall–Kier alpha value is -1.84.